The SMILES string of the molecule is CC(C)N(Cc1cc([N+](=O)[O-])ccc1Cl)C(=O)Cl. The van der Waals surface area contributed by atoms with Gasteiger partial charge < -0.3 is 4.90 Å². The first-order valence-corrected chi connectivity index (χ1v) is 5.97. The van der Waals surface area contributed by atoms with Crippen molar-refractivity contribution in [3.63, 3.8) is 0 Å². The van der Waals surface area contributed by atoms with Crippen LogP contribution in [0, 0.1) is 10.1 Å². The normalized spacial score (nSPS) is 10.5. The van der Waals surface area contributed by atoms with Gasteiger partial charge in [-0.3, -0.25) is 14.9 Å². The van der Waals surface area contributed by atoms with Crippen LogP contribution in [-0.2, 0) is 6.54 Å². The van der Waals surface area contributed by atoms with Crippen LogP contribution in [0.25, 0.3) is 0 Å². The minimum Gasteiger partial charge on any atom is -0.322 e. The van der Waals surface area contributed by atoms with Crippen molar-refractivity contribution in [1.29, 1.82) is 0 Å². The second-order valence-electron chi connectivity index (χ2n) is 4.01. The minimum atomic E-state index is -0.618. The maximum atomic E-state index is 11.2. The number of nitro benzene ring substituents is 1. The van der Waals surface area contributed by atoms with E-state index in [2.05, 4.69) is 0 Å². The summed E-state index contributed by atoms with van der Waals surface area (Å²) in [4.78, 5) is 22.8. The molecule has 1 aromatic rings. The molecule has 0 aromatic heterocycles. The molecule has 0 heterocycles. The van der Waals surface area contributed by atoms with E-state index >= 15 is 0 Å². The molecule has 1 amide bonds. The summed E-state index contributed by atoms with van der Waals surface area (Å²) in [6, 6.07) is 3.98. The zero-order chi connectivity index (χ0) is 13.9. The Bertz CT molecular complexity index is 477. The molecule has 0 aliphatic carbocycles. The third-order valence-corrected chi connectivity index (χ3v) is 3.02. The first-order chi connectivity index (χ1) is 8.32. The molecule has 5 nitrogen and oxygen atoms in total. The Balaban J connectivity index is 3.05. The summed E-state index contributed by atoms with van der Waals surface area (Å²) in [7, 11) is 0. The molecule has 0 fully saturated rings. The predicted octanol–water partition coefficient (Wildman–Crippen LogP) is 3.82. The topological polar surface area (TPSA) is 63.4 Å². The lowest BCUT2D eigenvalue weighted by Gasteiger charge is -2.24. The van der Waals surface area contributed by atoms with Crippen LogP contribution in [0.2, 0.25) is 5.02 Å². The van der Waals surface area contributed by atoms with Crippen molar-refractivity contribution in [3.05, 3.63) is 38.9 Å². The number of carbonyl (C=O) groups excluding carboxylic acids is 1. The van der Waals surface area contributed by atoms with E-state index in [0.717, 1.165) is 0 Å². The summed E-state index contributed by atoms with van der Waals surface area (Å²) >= 11 is 11.4. The number of amides is 1. The minimum absolute atomic E-state index is 0.0693. The monoisotopic (exact) mass is 290 g/mol. The van der Waals surface area contributed by atoms with E-state index in [1.54, 1.807) is 13.8 Å². The first kappa shape index (κ1) is 14.7. The van der Waals surface area contributed by atoms with Gasteiger partial charge in [0.05, 0.1) is 4.92 Å². The maximum Gasteiger partial charge on any atom is 0.316 e. The van der Waals surface area contributed by atoms with Crippen molar-refractivity contribution in [1.82, 2.24) is 4.90 Å². The highest BCUT2D eigenvalue weighted by atomic mass is 35.5. The van der Waals surface area contributed by atoms with E-state index in [1.807, 2.05) is 0 Å². The fraction of sp³-hybridized carbons (Fsp3) is 0.364. The highest BCUT2D eigenvalue weighted by Crippen LogP contribution is 2.24. The van der Waals surface area contributed by atoms with Crippen molar-refractivity contribution in [2.75, 3.05) is 0 Å². The molecule has 0 saturated carbocycles. The summed E-state index contributed by atoms with van der Waals surface area (Å²) in [6.45, 7) is 3.73. The largest absolute Gasteiger partial charge is 0.322 e. The van der Waals surface area contributed by atoms with E-state index in [1.165, 1.54) is 23.1 Å². The second-order valence-corrected chi connectivity index (χ2v) is 4.74. The van der Waals surface area contributed by atoms with Crippen LogP contribution in [0.4, 0.5) is 10.5 Å². The van der Waals surface area contributed by atoms with E-state index < -0.39 is 10.3 Å². The van der Waals surface area contributed by atoms with Gasteiger partial charge in [-0.2, -0.15) is 0 Å². The zero-order valence-electron chi connectivity index (χ0n) is 9.89. The average molecular weight is 291 g/mol. The van der Waals surface area contributed by atoms with Crippen LogP contribution in [0.3, 0.4) is 0 Å². The van der Waals surface area contributed by atoms with Crippen LogP contribution >= 0.6 is 23.2 Å². The Labute approximate surface area is 114 Å². The quantitative estimate of drug-likeness (QED) is 0.366. The summed E-state index contributed by atoms with van der Waals surface area (Å²) in [5, 5.41) is 10.4. The highest BCUT2D eigenvalue weighted by Gasteiger charge is 2.18. The molecule has 98 valence electrons. The number of nitrogens with zero attached hydrogens (tertiary/aromatic N) is 2. The number of benzene rings is 1. The molecule has 18 heavy (non-hydrogen) atoms. The molecule has 0 aliphatic rings. The third-order valence-electron chi connectivity index (χ3n) is 2.43. The number of hydrogen-bond donors (Lipinski definition) is 0. The van der Waals surface area contributed by atoms with Crippen LogP contribution < -0.4 is 0 Å². The van der Waals surface area contributed by atoms with Gasteiger partial charge in [-0.1, -0.05) is 11.6 Å². The van der Waals surface area contributed by atoms with Crippen LogP contribution in [0.15, 0.2) is 18.2 Å². The van der Waals surface area contributed by atoms with Gasteiger partial charge in [-0.25, -0.2) is 0 Å². The van der Waals surface area contributed by atoms with Gasteiger partial charge in [-0.05, 0) is 37.1 Å². The Morgan fingerprint density at radius 1 is 1.50 bits per heavy atom. The summed E-state index contributed by atoms with van der Waals surface area (Å²) < 4.78 is 0. The standard InChI is InChI=1S/C11H12Cl2N2O3/c1-7(2)14(11(13)16)6-8-5-9(15(17)18)3-4-10(8)12/h3-5,7H,6H2,1-2H3. The molecule has 0 aliphatic heterocycles. The van der Waals surface area contributed by atoms with Crippen molar-refractivity contribution < 1.29 is 9.72 Å². The number of halogens is 2. The number of hydrogen-bond acceptors (Lipinski definition) is 3. The maximum absolute atomic E-state index is 11.2. The van der Waals surface area contributed by atoms with Gasteiger partial charge in [0.15, 0.2) is 0 Å². The van der Waals surface area contributed by atoms with Crippen molar-refractivity contribution in [2.24, 2.45) is 0 Å². The molecule has 1 rings (SSSR count). The molecule has 1 aromatic carbocycles. The molecular formula is C11H12Cl2N2O3. The van der Waals surface area contributed by atoms with Gasteiger partial charge in [0.25, 0.3) is 5.69 Å². The van der Waals surface area contributed by atoms with E-state index in [4.69, 9.17) is 23.2 Å². The van der Waals surface area contributed by atoms with Gasteiger partial charge in [-0.15, -0.1) is 0 Å². The Hall–Kier alpha value is -1.33. The van der Waals surface area contributed by atoms with E-state index in [-0.39, 0.29) is 18.3 Å². The van der Waals surface area contributed by atoms with Gasteiger partial charge >= 0.3 is 5.37 Å². The zero-order valence-corrected chi connectivity index (χ0v) is 11.4. The fourth-order valence-corrected chi connectivity index (χ4v) is 1.86. The summed E-state index contributed by atoms with van der Waals surface area (Å²) in [5.74, 6) is 0. The van der Waals surface area contributed by atoms with Crippen molar-refractivity contribution in [3.8, 4) is 0 Å². The predicted molar refractivity (Wildman–Crippen MR) is 70.0 cm³/mol. The van der Waals surface area contributed by atoms with Crippen LogP contribution in [0.5, 0.6) is 0 Å². The van der Waals surface area contributed by atoms with Gasteiger partial charge in [0, 0.05) is 29.7 Å². The molecule has 0 atom stereocenters. The lowest BCUT2D eigenvalue weighted by Crippen LogP contribution is -2.32. The number of rotatable bonds is 4. The number of carbonyl (C=O) groups is 1. The van der Waals surface area contributed by atoms with Crippen LogP contribution in [0.1, 0.15) is 19.4 Å². The van der Waals surface area contributed by atoms with E-state index in [9.17, 15) is 14.9 Å². The lowest BCUT2D eigenvalue weighted by molar-refractivity contribution is -0.384. The average Bonchev–Trinajstić information content (AvgIpc) is 2.26. The van der Waals surface area contributed by atoms with Crippen LogP contribution in [-0.4, -0.2) is 21.2 Å². The second kappa shape index (κ2) is 6.02. The number of nitro groups is 1. The third kappa shape index (κ3) is 3.58. The molecular weight excluding hydrogens is 279 g/mol. The number of non-ortho nitro benzene ring substituents is 1. The molecule has 0 spiro atoms. The smallest absolute Gasteiger partial charge is 0.316 e. The molecule has 0 N–H and O–H groups in total. The Morgan fingerprint density at radius 3 is 2.56 bits per heavy atom. The van der Waals surface area contributed by atoms with Crippen molar-refractivity contribution >= 4 is 34.3 Å². The lowest BCUT2D eigenvalue weighted by atomic mass is 10.1. The first-order valence-electron chi connectivity index (χ1n) is 5.22. The molecule has 0 unspecified atom stereocenters. The highest BCUT2D eigenvalue weighted by molar-refractivity contribution is 6.62. The van der Waals surface area contributed by atoms with Crippen molar-refractivity contribution in [2.45, 2.75) is 26.4 Å². The molecule has 0 saturated heterocycles. The van der Waals surface area contributed by atoms with Gasteiger partial charge in [0.2, 0.25) is 0 Å². The van der Waals surface area contributed by atoms with E-state index in [0.29, 0.717) is 10.6 Å². The Kier molecular flexibility index (Phi) is 4.93. The molecule has 0 radical (unpaired) electrons. The summed E-state index contributed by atoms with van der Waals surface area (Å²) in [6.07, 6.45) is 0. The van der Waals surface area contributed by atoms with Gasteiger partial charge in [0.1, 0.15) is 0 Å². The fourth-order valence-electron chi connectivity index (χ4n) is 1.43. The molecule has 0 bridgehead atoms. The summed E-state index contributed by atoms with van der Waals surface area (Å²) in [5.41, 5.74) is 0.425. The Morgan fingerprint density at radius 2 is 2.11 bits per heavy atom. The molecule has 7 heteroatoms.